The lowest BCUT2D eigenvalue weighted by molar-refractivity contribution is 0.0589. The van der Waals surface area contributed by atoms with Gasteiger partial charge in [0, 0.05) is 17.1 Å². The summed E-state index contributed by atoms with van der Waals surface area (Å²) in [5.41, 5.74) is 0.971. The topological polar surface area (TPSA) is 73.2 Å². The van der Waals surface area contributed by atoms with Gasteiger partial charge in [0.2, 0.25) is 0 Å². The van der Waals surface area contributed by atoms with Gasteiger partial charge >= 0.3 is 5.97 Å². The Hall–Kier alpha value is -2.15. The van der Waals surface area contributed by atoms with Crippen LogP contribution in [0, 0.1) is 0 Å². The summed E-state index contributed by atoms with van der Waals surface area (Å²) < 4.78 is 6.81. The van der Waals surface area contributed by atoms with Crippen molar-refractivity contribution in [2.24, 2.45) is 7.05 Å². The molecule has 0 aliphatic heterocycles. The van der Waals surface area contributed by atoms with Gasteiger partial charge in [-0.1, -0.05) is 22.0 Å². The number of carbonyl (C=O) groups excluding carboxylic acids is 2. The Balaban J connectivity index is 2.27. The van der Waals surface area contributed by atoms with Crippen molar-refractivity contribution in [3.05, 3.63) is 46.2 Å². The average molecular weight is 338 g/mol. The van der Waals surface area contributed by atoms with E-state index in [-0.39, 0.29) is 11.6 Å². The molecule has 2 aromatic rings. The molecule has 0 bridgehead atoms. The molecule has 0 radical (unpaired) electrons. The third kappa shape index (κ3) is 2.88. The second kappa shape index (κ2) is 5.87. The number of benzene rings is 1. The molecule has 0 unspecified atom stereocenters. The van der Waals surface area contributed by atoms with Crippen molar-refractivity contribution in [3.8, 4) is 0 Å². The van der Waals surface area contributed by atoms with Gasteiger partial charge in [-0.25, -0.2) is 4.79 Å². The summed E-state index contributed by atoms with van der Waals surface area (Å²) in [5, 5.41) is 6.59. The summed E-state index contributed by atoms with van der Waals surface area (Å²) in [6.07, 6.45) is 1.40. The van der Waals surface area contributed by atoms with Crippen LogP contribution in [0.15, 0.2) is 34.9 Å². The lowest BCUT2D eigenvalue weighted by Gasteiger charge is -2.06. The van der Waals surface area contributed by atoms with Crippen LogP contribution in [0.3, 0.4) is 0 Å². The first kappa shape index (κ1) is 14.3. The smallest absolute Gasteiger partial charge is 0.358 e. The fourth-order valence-electron chi connectivity index (χ4n) is 1.69. The molecule has 0 atom stereocenters. The fraction of sp³-hybridized carbons (Fsp3) is 0.154. The van der Waals surface area contributed by atoms with Crippen molar-refractivity contribution >= 4 is 33.5 Å². The van der Waals surface area contributed by atoms with Crippen molar-refractivity contribution in [1.29, 1.82) is 0 Å². The second-order valence-corrected chi connectivity index (χ2v) is 4.90. The molecule has 0 saturated heterocycles. The SMILES string of the molecule is COC(=O)c1c(NC(=O)c2cccc(Br)c2)cnn1C. The molecule has 1 amide bonds. The molecule has 1 N–H and O–H groups in total. The maximum Gasteiger partial charge on any atom is 0.358 e. The maximum atomic E-state index is 12.1. The highest BCUT2D eigenvalue weighted by Gasteiger charge is 2.19. The van der Waals surface area contributed by atoms with E-state index >= 15 is 0 Å². The van der Waals surface area contributed by atoms with E-state index in [4.69, 9.17) is 0 Å². The number of nitrogens with one attached hydrogen (secondary N) is 1. The predicted octanol–water partition coefficient (Wildman–Crippen LogP) is 2.22. The Morgan fingerprint density at radius 2 is 2.15 bits per heavy atom. The van der Waals surface area contributed by atoms with Crippen molar-refractivity contribution in [1.82, 2.24) is 9.78 Å². The van der Waals surface area contributed by atoms with Crippen LogP contribution in [0.25, 0.3) is 0 Å². The van der Waals surface area contributed by atoms with Crippen LogP contribution in [-0.4, -0.2) is 28.8 Å². The number of nitrogens with zero attached hydrogens (tertiary/aromatic N) is 2. The summed E-state index contributed by atoms with van der Waals surface area (Å²) in [7, 11) is 2.87. The first-order valence-corrected chi connectivity index (χ1v) is 6.49. The first-order chi connectivity index (χ1) is 9.52. The third-order valence-corrected chi connectivity index (χ3v) is 3.15. The van der Waals surface area contributed by atoms with Crippen molar-refractivity contribution in [2.45, 2.75) is 0 Å². The fourth-order valence-corrected chi connectivity index (χ4v) is 2.09. The Labute approximate surface area is 123 Å². The quantitative estimate of drug-likeness (QED) is 0.871. The van der Waals surface area contributed by atoms with Gasteiger partial charge in [-0.2, -0.15) is 5.10 Å². The zero-order chi connectivity index (χ0) is 14.7. The molecule has 2 rings (SSSR count). The van der Waals surface area contributed by atoms with Gasteiger partial charge < -0.3 is 10.1 Å². The Morgan fingerprint density at radius 1 is 1.40 bits per heavy atom. The second-order valence-electron chi connectivity index (χ2n) is 3.99. The van der Waals surface area contributed by atoms with Crippen LogP contribution in [0.5, 0.6) is 0 Å². The number of amides is 1. The Kier molecular flexibility index (Phi) is 4.19. The van der Waals surface area contributed by atoms with Gasteiger partial charge in [0.1, 0.15) is 0 Å². The minimum Gasteiger partial charge on any atom is -0.464 e. The Morgan fingerprint density at radius 3 is 2.80 bits per heavy atom. The molecule has 7 heteroatoms. The van der Waals surface area contributed by atoms with Gasteiger partial charge in [-0.05, 0) is 18.2 Å². The van der Waals surface area contributed by atoms with E-state index in [2.05, 4.69) is 31.1 Å². The number of anilines is 1. The number of carbonyl (C=O) groups is 2. The van der Waals surface area contributed by atoms with E-state index in [1.165, 1.54) is 18.0 Å². The van der Waals surface area contributed by atoms with E-state index in [0.717, 1.165) is 4.47 Å². The number of ether oxygens (including phenoxy) is 1. The molecule has 0 aliphatic carbocycles. The molecule has 20 heavy (non-hydrogen) atoms. The predicted molar refractivity (Wildman–Crippen MR) is 76.6 cm³/mol. The van der Waals surface area contributed by atoms with Crippen molar-refractivity contribution in [2.75, 3.05) is 12.4 Å². The largest absolute Gasteiger partial charge is 0.464 e. The van der Waals surface area contributed by atoms with E-state index in [1.807, 2.05) is 6.07 Å². The van der Waals surface area contributed by atoms with Gasteiger partial charge in [0.05, 0.1) is 19.0 Å². The van der Waals surface area contributed by atoms with Crippen LogP contribution >= 0.6 is 15.9 Å². The van der Waals surface area contributed by atoms with Crippen LogP contribution < -0.4 is 5.32 Å². The summed E-state index contributed by atoms with van der Waals surface area (Å²) in [6.45, 7) is 0. The van der Waals surface area contributed by atoms with Crippen LogP contribution in [0.4, 0.5) is 5.69 Å². The third-order valence-electron chi connectivity index (χ3n) is 2.65. The highest BCUT2D eigenvalue weighted by molar-refractivity contribution is 9.10. The molecule has 104 valence electrons. The van der Waals surface area contributed by atoms with Gasteiger partial charge in [-0.3, -0.25) is 9.48 Å². The minimum absolute atomic E-state index is 0.191. The first-order valence-electron chi connectivity index (χ1n) is 5.70. The monoisotopic (exact) mass is 337 g/mol. The number of esters is 1. The van der Waals surface area contributed by atoms with Crippen LogP contribution in [-0.2, 0) is 11.8 Å². The summed E-state index contributed by atoms with van der Waals surface area (Å²) in [4.78, 5) is 23.8. The number of halogens is 1. The number of hydrogen-bond donors (Lipinski definition) is 1. The van der Waals surface area contributed by atoms with Crippen LogP contribution in [0.2, 0.25) is 0 Å². The van der Waals surface area contributed by atoms with Crippen molar-refractivity contribution < 1.29 is 14.3 Å². The number of methoxy groups -OCH3 is 1. The van der Waals surface area contributed by atoms with Crippen LogP contribution in [0.1, 0.15) is 20.8 Å². The standard InChI is InChI=1S/C13H12BrN3O3/c1-17-11(13(19)20-2)10(7-15-17)16-12(18)8-4-3-5-9(14)6-8/h3-7H,1-2H3,(H,16,18). The molecule has 0 fully saturated rings. The lowest BCUT2D eigenvalue weighted by Crippen LogP contribution is -2.16. The highest BCUT2D eigenvalue weighted by Crippen LogP contribution is 2.18. The highest BCUT2D eigenvalue weighted by atomic mass is 79.9. The lowest BCUT2D eigenvalue weighted by atomic mass is 10.2. The molecule has 1 aromatic heterocycles. The van der Waals surface area contributed by atoms with E-state index in [1.54, 1.807) is 25.2 Å². The van der Waals surface area contributed by atoms with E-state index in [9.17, 15) is 9.59 Å². The maximum absolute atomic E-state index is 12.1. The number of hydrogen-bond acceptors (Lipinski definition) is 4. The minimum atomic E-state index is -0.561. The number of aromatic nitrogens is 2. The summed E-state index contributed by atoms with van der Waals surface area (Å²) in [5.74, 6) is -0.890. The molecule has 1 heterocycles. The molecular formula is C13H12BrN3O3. The van der Waals surface area contributed by atoms with E-state index in [0.29, 0.717) is 11.3 Å². The zero-order valence-electron chi connectivity index (χ0n) is 10.9. The molecular weight excluding hydrogens is 326 g/mol. The number of aryl methyl sites for hydroxylation is 1. The molecule has 0 aliphatic rings. The normalized spacial score (nSPS) is 10.2. The zero-order valence-corrected chi connectivity index (χ0v) is 12.5. The summed E-state index contributed by atoms with van der Waals surface area (Å²) in [6, 6.07) is 6.93. The molecule has 0 spiro atoms. The van der Waals surface area contributed by atoms with Gasteiger partial charge in [0.15, 0.2) is 5.69 Å². The molecule has 6 nitrogen and oxygen atoms in total. The molecule has 0 saturated carbocycles. The van der Waals surface area contributed by atoms with Crippen molar-refractivity contribution in [3.63, 3.8) is 0 Å². The number of rotatable bonds is 3. The van der Waals surface area contributed by atoms with Gasteiger partial charge in [0.25, 0.3) is 5.91 Å². The molecule has 1 aromatic carbocycles. The van der Waals surface area contributed by atoms with E-state index < -0.39 is 5.97 Å². The average Bonchev–Trinajstić information content (AvgIpc) is 2.79. The van der Waals surface area contributed by atoms with Gasteiger partial charge in [-0.15, -0.1) is 0 Å². The summed E-state index contributed by atoms with van der Waals surface area (Å²) >= 11 is 3.30. The Bertz CT molecular complexity index is 667.